The number of hydrogen-bond donors (Lipinski definition) is 2. The molecule has 10 nitrogen and oxygen atoms in total. The molecule has 1 aromatic heterocycles. The summed E-state index contributed by atoms with van der Waals surface area (Å²) in [6.07, 6.45) is 3.21. The Balaban J connectivity index is 1.86. The number of aromatic nitrogens is 1. The summed E-state index contributed by atoms with van der Waals surface area (Å²) >= 11 is 0. The first-order chi connectivity index (χ1) is 14.8. The van der Waals surface area contributed by atoms with Crippen molar-refractivity contribution in [3.63, 3.8) is 0 Å². The minimum absolute atomic E-state index is 0.0572. The second-order valence-electron chi connectivity index (χ2n) is 6.31. The summed E-state index contributed by atoms with van der Waals surface area (Å²) in [5.74, 6) is 0.566. The van der Waals surface area contributed by atoms with E-state index in [1.165, 1.54) is 31.4 Å². The number of sulfonamides is 1. The maximum Gasteiger partial charge on any atom is 0.295 e. The number of benzene rings is 2. The molecule has 2 aromatic carbocycles. The number of methoxy groups -OCH3 is 1. The summed E-state index contributed by atoms with van der Waals surface area (Å²) in [4.78, 5) is 14.5. The fraction of sp³-hybridized carbons (Fsp3) is 0.100. The molecule has 3 rings (SSSR count). The standard InChI is InChI=1S/C20H19N5O5S/c1-14(15-9-11-21-12-10-15)22-23-19-8-7-18(13-20(19)25(26)27)31(28,29)24-16-3-5-17(30-2)6-4-16/h3-13,23-24H,1-2H3/b22-14-. The van der Waals surface area contributed by atoms with Crippen LogP contribution >= 0.6 is 0 Å². The highest BCUT2D eigenvalue weighted by Gasteiger charge is 2.21. The van der Waals surface area contributed by atoms with Crippen molar-refractivity contribution in [1.29, 1.82) is 0 Å². The molecular formula is C20H19N5O5S. The van der Waals surface area contributed by atoms with E-state index in [-0.39, 0.29) is 10.6 Å². The van der Waals surface area contributed by atoms with Gasteiger partial charge in [0.25, 0.3) is 15.7 Å². The summed E-state index contributed by atoms with van der Waals surface area (Å²) in [6.45, 7) is 1.73. The number of nitrogens with zero attached hydrogens (tertiary/aromatic N) is 3. The zero-order valence-corrected chi connectivity index (χ0v) is 17.5. The van der Waals surface area contributed by atoms with Crippen LogP contribution in [-0.2, 0) is 10.0 Å². The summed E-state index contributed by atoms with van der Waals surface area (Å²) in [7, 11) is -2.55. The van der Waals surface area contributed by atoms with Crippen LogP contribution in [0.15, 0.2) is 77.0 Å². The minimum atomic E-state index is -4.05. The third-order valence-corrected chi connectivity index (χ3v) is 5.64. The predicted octanol–water partition coefficient (Wildman–Crippen LogP) is 3.64. The smallest absolute Gasteiger partial charge is 0.295 e. The lowest BCUT2D eigenvalue weighted by molar-refractivity contribution is -0.384. The zero-order valence-electron chi connectivity index (χ0n) is 16.6. The van der Waals surface area contributed by atoms with Gasteiger partial charge < -0.3 is 4.74 Å². The molecule has 0 spiro atoms. The Morgan fingerprint density at radius 1 is 1.10 bits per heavy atom. The topological polar surface area (TPSA) is 136 Å². The fourth-order valence-corrected chi connectivity index (χ4v) is 3.68. The lowest BCUT2D eigenvalue weighted by atomic mass is 10.2. The Labute approximate surface area is 178 Å². The third kappa shape index (κ3) is 5.34. The molecule has 11 heteroatoms. The Morgan fingerprint density at radius 2 is 1.77 bits per heavy atom. The van der Waals surface area contributed by atoms with Crippen LogP contribution in [0, 0.1) is 10.1 Å². The molecule has 0 aliphatic carbocycles. The molecular weight excluding hydrogens is 422 g/mol. The number of nitrogens with one attached hydrogen (secondary N) is 2. The van der Waals surface area contributed by atoms with E-state index >= 15 is 0 Å². The first-order valence-corrected chi connectivity index (χ1v) is 10.4. The second kappa shape index (κ2) is 9.22. The van der Waals surface area contributed by atoms with E-state index in [2.05, 4.69) is 20.2 Å². The molecule has 0 saturated heterocycles. The number of ether oxygens (including phenoxy) is 1. The first kappa shape index (κ1) is 21.7. The number of rotatable bonds is 8. The van der Waals surface area contributed by atoms with Crippen molar-refractivity contribution in [3.05, 3.63) is 82.7 Å². The van der Waals surface area contributed by atoms with E-state index in [0.29, 0.717) is 17.1 Å². The van der Waals surface area contributed by atoms with Gasteiger partial charge in [0.2, 0.25) is 0 Å². The van der Waals surface area contributed by atoms with Crippen molar-refractivity contribution in [1.82, 2.24) is 4.98 Å². The summed E-state index contributed by atoms with van der Waals surface area (Å²) < 4.78 is 32.8. The molecule has 0 bridgehead atoms. The van der Waals surface area contributed by atoms with Gasteiger partial charge in [-0.25, -0.2) is 8.42 Å². The largest absolute Gasteiger partial charge is 0.497 e. The zero-order chi connectivity index (χ0) is 22.4. The molecule has 3 aromatic rings. The van der Waals surface area contributed by atoms with Crippen LogP contribution in [0.1, 0.15) is 12.5 Å². The van der Waals surface area contributed by atoms with Crippen molar-refractivity contribution >= 4 is 32.8 Å². The van der Waals surface area contributed by atoms with Crippen molar-refractivity contribution in [2.45, 2.75) is 11.8 Å². The van der Waals surface area contributed by atoms with Gasteiger partial charge >= 0.3 is 0 Å². The SMILES string of the molecule is COc1ccc(NS(=O)(=O)c2ccc(N/N=C(/C)c3ccncc3)c([N+](=O)[O-])c2)cc1. The van der Waals surface area contributed by atoms with Gasteiger partial charge in [-0.1, -0.05) is 0 Å². The molecule has 0 aliphatic heterocycles. The summed E-state index contributed by atoms with van der Waals surface area (Å²) in [5.41, 5.74) is 3.92. The maximum atomic E-state index is 12.7. The highest BCUT2D eigenvalue weighted by atomic mass is 32.2. The van der Waals surface area contributed by atoms with Crippen molar-refractivity contribution in [3.8, 4) is 5.75 Å². The van der Waals surface area contributed by atoms with Gasteiger partial charge in [0, 0.05) is 29.7 Å². The molecule has 0 aliphatic rings. The first-order valence-electron chi connectivity index (χ1n) is 8.96. The van der Waals surface area contributed by atoms with Crippen LogP contribution < -0.4 is 14.9 Å². The average Bonchev–Trinajstić information content (AvgIpc) is 2.78. The third-order valence-electron chi connectivity index (χ3n) is 4.26. The van der Waals surface area contributed by atoms with E-state index in [9.17, 15) is 18.5 Å². The molecule has 1 heterocycles. The van der Waals surface area contributed by atoms with Crippen molar-refractivity contribution < 1.29 is 18.1 Å². The number of hydrazone groups is 1. The Morgan fingerprint density at radius 3 is 2.39 bits per heavy atom. The number of nitro benzene ring substituents is 1. The Hall–Kier alpha value is -3.99. The van der Waals surface area contributed by atoms with Crippen LogP contribution in [0.3, 0.4) is 0 Å². The molecule has 0 unspecified atom stereocenters. The molecule has 0 fully saturated rings. The number of anilines is 2. The van der Waals surface area contributed by atoms with Crippen LogP contribution in [0.4, 0.5) is 17.1 Å². The van der Waals surface area contributed by atoms with Crippen molar-refractivity contribution in [2.75, 3.05) is 17.3 Å². The Bertz CT molecular complexity index is 1210. The van der Waals surface area contributed by atoms with E-state index in [4.69, 9.17) is 4.74 Å². The van der Waals surface area contributed by atoms with Gasteiger partial charge in [0.05, 0.1) is 22.6 Å². The van der Waals surface area contributed by atoms with Gasteiger partial charge in [0.15, 0.2) is 0 Å². The van der Waals surface area contributed by atoms with Gasteiger partial charge in [-0.15, -0.1) is 0 Å². The van der Waals surface area contributed by atoms with Crippen LogP contribution in [0.2, 0.25) is 0 Å². The second-order valence-corrected chi connectivity index (χ2v) is 8.00. The molecule has 2 N–H and O–H groups in total. The van der Waals surface area contributed by atoms with E-state index < -0.39 is 20.6 Å². The molecule has 0 atom stereocenters. The number of nitro groups is 1. The highest BCUT2D eigenvalue weighted by molar-refractivity contribution is 7.92. The summed E-state index contributed by atoms with van der Waals surface area (Å²) in [5, 5.41) is 15.7. The molecule has 160 valence electrons. The monoisotopic (exact) mass is 441 g/mol. The quantitative estimate of drug-likeness (QED) is 0.309. The lowest BCUT2D eigenvalue weighted by Gasteiger charge is -2.10. The van der Waals surface area contributed by atoms with Gasteiger partial charge in [-0.3, -0.25) is 25.2 Å². The molecule has 31 heavy (non-hydrogen) atoms. The molecule has 0 amide bonds. The van der Waals surface area contributed by atoms with E-state index in [1.807, 2.05) is 0 Å². The predicted molar refractivity (Wildman–Crippen MR) is 117 cm³/mol. The number of hydrogen-bond acceptors (Lipinski definition) is 8. The lowest BCUT2D eigenvalue weighted by Crippen LogP contribution is -2.13. The van der Waals surface area contributed by atoms with Gasteiger partial charge in [-0.2, -0.15) is 5.10 Å². The van der Waals surface area contributed by atoms with Crippen LogP contribution in [0.25, 0.3) is 0 Å². The molecule has 0 saturated carbocycles. The fourth-order valence-electron chi connectivity index (χ4n) is 2.60. The van der Waals surface area contributed by atoms with Crippen LogP contribution in [-0.4, -0.2) is 31.1 Å². The van der Waals surface area contributed by atoms with Gasteiger partial charge in [-0.05, 0) is 55.5 Å². The van der Waals surface area contributed by atoms with Crippen LogP contribution in [0.5, 0.6) is 5.75 Å². The number of pyridine rings is 1. The van der Waals surface area contributed by atoms with Crippen molar-refractivity contribution in [2.24, 2.45) is 5.10 Å². The maximum absolute atomic E-state index is 12.7. The molecule has 0 radical (unpaired) electrons. The normalized spacial score (nSPS) is 11.6. The van der Waals surface area contributed by atoms with E-state index in [1.54, 1.807) is 43.6 Å². The van der Waals surface area contributed by atoms with E-state index in [0.717, 1.165) is 11.6 Å². The van der Waals surface area contributed by atoms with Gasteiger partial charge in [0.1, 0.15) is 11.4 Å². The highest BCUT2D eigenvalue weighted by Crippen LogP contribution is 2.29. The summed E-state index contributed by atoms with van der Waals surface area (Å²) in [6, 6.07) is 13.3. The Kier molecular flexibility index (Phi) is 6.46. The minimum Gasteiger partial charge on any atom is -0.497 e. The average molecular weight is 441 g/mol.